The molecule has 0 bridgehead atoms. The quantitative estimate of drug-likeness (QED) is 0.769. The molecule has 1 rings (SSSR count). The van der Waals surface area contributed by atoms with Crippen molar-refractivity contribution in [2.24, 2.45) is 5.92 Å². The predicted octanol–water partition coefficient (Wildman–Crippen LogP) is 1.93. The number of carbonyl (C=O) groups excluding carboxylic acids is 1. The molecule has 1 unspecified atom stereocenters. The van der Waals surface area contributed by atoms with Crippen molar-refractivity contribution in [3.63, 3.8) is 0 Å². The van der Waals surface area contributed by atoms with Gasteiger partial charge in [0.1, 0.15) is 0 Å². The highest BCUT2D eigenvalue weighted by Crippen LogP contribution is 2.07. The van der Waals surface area contributed by atoms with Crippen LogP contribution in [0.15, 0.2) is 12.1 Å². The minimum Gasteiger partial charge on any atom is -0.481 e. The molecule has 19 heavy (non-hydrogen) atoms. The van der Waals surface area contributed by atoms with Crippen molar-refractivity contribution < 1.29 is 14.7 Å². The van der Waals surface area contributed by atoms with E-state index in [1.165, 1.54) is 0 Å². The summed E-state index contributed by atoms with van der Waals surface area (Å²) in [5.74, 6) is -1.34. The summed E-state index contributed by atoms with van der Waals surface area (Å²) in [6, 6.07) is 3.56. The molecule has 104 valence electrons. The second-order valence-corrected chi connectivity index (χ2v) is 4.72. The summed E-state index contributed by atoms with van der Waals surface area (Å²) in [5.41, 5.74) is 2.15. The van der Waals surface area contributed by atoms with Gasteiger partial charge in [0.2, 0.25) is 0 Å². The van der Waals surface area contributed by atoms with Crippen molar-refractivity contribution in [1.82, 2.24) is 10.3 Å². The van der Waals surface area contributed by atoms with Crippen molar-refractivity contribution in [1.29, 1.82) is 0 Å². The lowest BCUT2D eigenvalue weighted by molar-refractivity contribution is -0.141. The number of aliphatic carboxylic acids is 1. The van der Waals surface area contributed by atoms with Crippen LogP contribution in [0.5, 0.6) is 0 Å². The first-order valence-electron chi connectivity index (χ1n) is 6.37. The average molecular weight is 264 g/mol. The number of aryl methyl sites for hydroxylation is 2. The smallest absolute Gasteiger partial charge is 0.306 e. The van der Waals surface area contributed by atoms with Gasteiger partial charge >= 0.3 is 5.97 Å². The highest BCUT2D eigenvalue weighted by atomic mass is 16.4. The Balaban J connectivity index is 2.41. The first-order chi connectivity index (χ1) is 8.91. The fraction of sp³-hybridized carbons (Fsp3) is 0.500. The van der Waals surface area contributed by atoms with Crippen LogP contribution in [0.2, 0.25) is 0 Å². The highest BCUT2D eigenvalue weighted by molar-refractivity contribution is 5.95. The number of hydrogen-bond acceptors (Lipinski definition) is 3. The maximum absolute atomic E-state index is 11.9. The van der Waals surface area contributed by atoms with Gasteiger partial charge in [-0.05, 0) is 38.8 Å². The van der Waals surface area contributed by atoms with Gasteiger partial charge in [-0.15, -0.1) is 0 Å². The number of amides is 1. The molecule has 0 aliphatic heterocycles. The number of nitrogens with one attached hydrogen (secondary N) is 1. The molecule has 0 aliphatic rings. The van der Waals surface area contributed by atoms with Crippen LogP contribution in [0, 0.1) is 19.8 Å². The van der Waals surface area contributed by atoms with Crippen molar-refractivity contribution in [2.75, 3.05) is 6.54 Å². The molecule has 5 nitrogen and oxygen atoms in total. The lowest BCUT2D eigenvalue weighted by Crippen LogP contribution is -2.26. The molecule has 1 heterocycles. The zero-order chi connectivity index (χ0) is 14.4. The van der Waals surface area contributed by atoms with Gasteiger partial charge in [0.25, 0.3) is 5.91 Å². The number of hydrogen-bond donors (Lipinski definition) is 2. The van der Waals surface area contributed by atoms with E-state index in [0.29, 0.717) is 30.6 Å². The normalized spacial score (nSPS) is 11.9. The lowest BCUT2D eigenvalue weighted by atomic mass is 10.1. The van der Waals surface area contributed by atoms with Crippen LogP contribution in [0.3, 0.4) is 0 Å². The summed E-state index contributed by atoms with van der Waals surface area (Å²) in [5, 5.41) is 11.5. The molecule has 0 fully saturated rings. The number of carboxylic acids is 1. The number of pyridine rings is 1. The van der Waals surface area contributed by atoms with E-state index in [1.54, 1.807) is 26.0 Å². The molecule has 1 amide bonds. The van der Waals surface area contributed by atoms with Crippen molar-refractivity contribution >= 4 is 11.9 Å². The second-order valence-electron chi connectivity index (χ2n) is 4.72. The van der Waals surface area contributed by atoms with Gasteiger partial charge in [-0.1, -0.05) is 6.92 Å². The molecule has 0 radical (unpaired) electrons. The number of rotatable bonds is 6. The van der Waals surface area contributed by atoms with Gasteiger partial charge in [0.05, 0.1) is 17.2 Å². The third-order valence-corrected chi connectivity index (χ3v) is 2.99. The summed E-state index contributed by atoms with van der Waals surface area (Å²) in [6.45, 7) is 5.82. The lowest BCUT2D eigenvalue weighted by Gasteiger charge is -2.09. The molecule has 0 aliphatic carbocycles. The maximum atomic E-state index is 11.9. The van der Waals surface area contributed by atoms with Gasteiger partial charge in [-0.3, -0.25) is 14.6 Å². The maximum Gasteiger partial charge on any atom is 0.306 e. The van der Waals surface area contributed by atoms with Crippen LogP contribution in [-0.2, 0) is 4.79 Å². The van der Waals surface area contributed by atoms with E-state index < -0.39 is 5.97 Å². The molecular formula is C14H20N2O3. The van der Waals surface area contributed by atoms with Gasteiger partial charge in [-0.25, -0.2) is 0 Å². The van der Waals surface area contributed by atoms with Gasteiger partial charge < -0.3 is 10.4 Å². The standard InChI is InChI=1S/C14H20N2O3/c1-9(14(18)19)5-4-8-15-13(17)12-7-6-10(2)16-11(12)3/h6-7,9H,4-5,8H2,1-3H3,(H,15,17)(H,18,19). The third-order valence-electron chi connectivity index (χ3n) is 2.99. The molecule has 1 atom stereocenters. The van der Waals surface area contributed by atoms with Crippen LogP contribution < -0.4 is 5.32 Å². The molecule has 0 spiro atoms. The Bertz CT molecular complexity index is 472. The zero-order valence-electron chi connectivity index (χ0n) is 11.6. The van der Waals surface area contributed by atoms with E-state index in [-0.39, 0.29) is 11.8 Å². The molecule has 1 aromatic rings. The van der Waals surface area contributed by atoms with Crippen molar-refractivity contribution in [2.45, 2.75) is 33.6 Å². The summed E-state index contributed by atoms with van der Waals surface area (Å²) in [4.78, 5) is 26.8. The SMILES string of the molecule is Cc1ccc(C(=O)NCCCC(C)C(=O)O)c(C)n1. The fourth-order valence-corrected chi connectivity index (χ4v) is 1.76. The monoisotopic (exact) mass is 264 g/mol. The Morgan fingerprint density at radius 3 is 2.63 bits per heavy atom. The fourth-order valence-electron chi connectivity index (χ4n) is 1.76. The summed E-state index contributed by atoms with van der Waals surface area (Å²) >= 11 is 0. The van der Waals surface area contributed by atoms with Gasteiger partial charge in [-0.2, -0.15) is 0 Å². The zero-order valence-corrected chi connectivity index (χ0v) is 11.6. The Morgan fingerprint density at radius 2 is 2.05 bits per heavy atom. The second kappa shape index (κ2) is 6.87. The first kappa shape index (κ1) is 15.1. The Labute approximate surface area is 113 Å². The minimum absolute atomic E-state index is 0.159. The van der Waals surface area contributed by atoms with Crippen molar-refractivity contribution in [3.8, 4) is 0 Å². The number of carbonyl (C=O) groups is 2. The summed E-state index contributed by atoms with van der Waals surface area (Å²) in [7, 11) is 0. The van der Waals surface area contributed by atoms with Gasteiger partial charge in [0.15, 0.2) is 0 Å². The first-order valence-corrected chi connectivity index (χ1v) is 6.37. The Kier molecular flexibility index (Phi) is 5.48. The number of nitrogens with zero attached hydrogens (tertiary/aromatic N) is 1. The van der Waals surface area contributed by atoms with Crippen LogP contribution in [-0.4, -0.2) is 28.5 Å². The molecule has 0 aromatic carbocycles. The molecule has 2 N–H and O–H groups in total. The largest absolute Gasteiger partial charge is 0.481 e. The van der Waals surface area contributed by atoms with Crippen LogP contribution in [0.25, 0.3) is 0 Å². The Morgan fingerprint density at radius 1 is 1.37 bits per heavy atom. The van der Waals surface area contributed by atoms with E-state index >= 15 is 0 Å². The average Bonchev–Trinajstić information content (AvgIpc) is 2.33. The van der Waals surface area contributed by atoms with Crippen LogP contribution in [0.4, 0.5) is 0 Å². The highest BCUT2D eigenvalue weighted by Gasteiger charge is 2.12. The summed E-state index contributed by atoms with van der Waals surface area (Å²) < 4.78 is 0. The van der Waals surface area contributed by atoms with Gasteiger partial charge in [0, 0.05) is 12.2 Å². The van der Waals surface area contributed by atoms with Crippen LogP contribution in [0.1, 0.15) is 41.5 Å². The van der Waals surface area contributed by atoms with E-state index in [1.807, 2.05) is 6.92 Å². The van der Waals surface area contributed by atoms with E-state index in [2.05, 4.69) is 10.3 Å². The van der Waals surface area contributed by atoms with Crippen LogP contribution >= 0.6 is 0 Å². The summed E-state index contributed by atoms with van der Waals surface area (Å²) in [6.07, 6.45) is 1.21. The molecule has 0 saturated carbocycles. The Hall–Kier alpha value is -1.91. The minimum atomic E-state index is -0.801. The topological polar surface area (TPSA) is 79.3 Å². The van der Waals surface area contributed by atoms with E-state index in [4.69, 9.17) is 5.11 Å². The van der Waals surface area contributed by atoms with Crippen molar-refractivity contribution in [3.05, 3.63) is 29.1 Å². The molecular weight excluding hydrogens is 244 g/mol. The number of aromatic nitrogens is 1. The van der Waals surface area contributed by atoms with E-state index in [9.17, 15) is 9.59 Å². The molecule has 0 saturated heterocycles. The third kappa shape index (κ3) is 4.69. The van der Waals surface area contributed by atoms with E-state index in [0.717, 1.165) is 5.69 Å². The number of carboxylic acid groups (broad SMARTS) is 1. The predicted molar refractivity (Wildman–Crippen MR) is 72.1 cm³/mol. The molecule has 5 heteroatoms. The molecule has 1 aromatic heterocycles.